The Kier molecular flexibility index (Phi) is 5.16. The van der Waals surface area contributed by atoms with Gasteiger partial charge in [-0.3, -0.25) is 0 Å². The number of rotatable bonds is 6. The van der Waals surface area contributed by atoms with E-state index in [1.165, 1.54) is 0 Å². The smallest absolute Gasteiger partial charge is 0.115 e. The van der Waals surface area contributed by atoms with E-state index in [1.807, 2.05) is 42.5 Å². The summed E-state index contributed by atoms with van der Waals surface area (Å²) >= 11 is 0. The molecule has 1 unspecified atom stereocenters. The second-order valence-corrected chi connectivity index (χ2v) is 5.08. The van der Waals surface area contributed by atoms with E-state index in [2.05, 4.69) is 12.2 Å². The molecule has 2 aromatic carbocycles. The molecule has 0 fully saturated rings. The summed E-state index contributed by atoms with van der Waals surface area (Å²) in [6.45, 7) is 2.17. The summed E-state index contributed by atoms with van der Waals surface area (Å²) in [5, 5.41) is 22.2. The van der Waals surface area contributed by atoms with Crippen molar-refractivity contribution in [2.75, 3.05) is 6.61 Å². The molecular formula is C17H21NO2. The molecule has 0 aromatic heterocycles. The van der Waals surface area contributed by atoms with E-state index in [1.54, 1.807) is 12.1 Å². The third-order valence-electron chi connectivity index (χ3n) is 3.35. The molecule has 2 rings (SSSR count). The first-order chi connectivity index (χ1) is 9.69. The first-order valence-corrected chi connectivity index (χ1v) is 6.89. The van der Waals surface area contributed by atoms with Crippen molar-refractivity contribution < 1.29 is 10.2 Å². The number of hydrogen-bond acceptors (Lipinski definition) is 3. The van der Waals surface area contributed by atoms with Crippen molar-refractivity contribution in [2.45, 2.75) is 25.4 Å². The zero-order valence-corrected chi connectivity index (χ0v) is 11.7. The average Bonchev–Trinajstić information content (AvgIpc) is 2.48. The summed E-state index contributed by atoms with van der Waals surface area (Å²) in [5.74, 6) is 0.284. The lowest BCUT2D eigenvalue weighted by molar-refractivity contribution is 0.234. The van der Waals surface area contributed by atoms with E-state index in [9.17, 15) is 10.2 Å². The van der Waals surface area contributed by atoms with Crippen LogP contribution in [0.1, 0.15) is 24.1 Å². The molecule has 0 saturated heterocycles. The highest BCUT2D eigenvalue weighted by molar-refractivity contribution is 5.26. The molecule has 3 N–H and O–H groups in total. The Labute approximate surface area is 119 Å². The van der Waals surface area contributed by atoms with Crippen LogP contribution in [-0.4, -0.2) is 22.9 Å². The largest absolute Gasteiger partial charge is 0.508 e. The Hall–Kier alpha value is -1.84. The van der Waals surface area contributed by atoms with Crippen molar-refractivity contribution >= 4 is 0 Å². The van der Waals surface area contributed by atoms with Gasteiger partial charge >= 0.3 is 0 Å². The summed E-state index contributed by atoms with van der Waals surface area (Å²) in [6.07, 6.45) is 0.851. The number of aromatic hydroxyl groups is 1. The summed E-state index contributed by atoms with van der Waals surface area (Å²) in [7, 11) is 0. The van der Waals surface area contributed by atoms with Crippen molar-refractivity contribution in [3.63, 3.8) is 0 Å². The quantitative estimate of drug-likeness (QED) is 0.757. The molecule has 2 aromatic rings. The molecule has 20 heavy (non-hydrogen) atoms. The number of aliphatic hydroxyl groups excluding tert-OH is 1. The van der Waals surface area contributed by atoms with Gasteiger partial charge in [-0.2, -0.15) is 0 Å². The topological polar surface area (TPSA) is 52.5 Å². The van der Waals surface area contributed by atoms with Gasteiger partial charge < -0.3 is 15.5 Å². The Morgan fingerprint density at radius 2 is 1.65 bits per heavy atom. The molecule has 3 heteroatoms. The maximum atomic E-state index is 9.54. The fraction of sp³-hybridized carbons (Fsp3) is 0.294. The highest BCUT2D eigenvalue weighted by Crippen LogP contribution is 2.15. The maximum Gasteiger partial charge on any atom is 0.115 e. The molecule has 0 amide bonds. The standard InChI is InChI=1S/C17H21NO2/c1-13(11-14-7-9-16(20)10-8-14)18-17(12-19)15-5-3-2-4-6-15/h2-10,13,17-20H,11-12H2,1H3/t13?,17-/m1/s1. The second-order valence-electron chi connectivity index (χ2n) is 5.08. The number of phenolic OH excluding ortho intramolecular Hbond substituents is 1. The van der Waals surface area contributed by atoms with Gasteiger partial charge in [-0.25, -0.2) is 0 Å². The van der Waals surface area contributed by atoms with Crippen molar-refractivity contribution in [1.82, 2.24) is 5.32 Å². The SMILES string of the molecule is CC(Cc1ccc(O)cc1)N[C@H](CO)c1ccccc1. The zero-order valence-electron chi connectivity index (χ0n) is 11.7. The molecule has 0 aliphatic carbocycles. The van der Waals surface area contributed by atoms with Gasteiger partial charge in [0.2, 0.25) is 0 Å². The molecule has 0 saturated carbocycles. The van der Waals surface area contributed by atoms with Gasteiger partial charge in [-0.15, -0.1) is 0 Å². The van der Waals surface area contributed by atoms with Crippen molar-refractivity contribution in [3.8, 4) is 5.75 Å². The maximum absolute atomic E-state index is 9.54. The number of benzene rings is 2. The number of hydrogen-bond donors (Lipinski definition) is 3. The van der Waals surface area contributed by atoms with Crippen LogP contribution in [0.2, 0.25) is 0 Å². The van der Waals surface area contributed by atoms with Crippen LogP contribution in [-0.2, 0) is 6.42 Å². The number of aliphatic hydroxyl groups is 1. The Morgan fingerprint density at radius 1 is 1.00 bits per heavy atom. The summed E-state index contributed by atoms with van der Waals surface area (Å²) in [4.78, 5) is 0. The van der Waals surface area contributed by atoms with Crippen LogP contribution < -0.4 is 5.32 Å². The van der Waals surface area contributed by atoms with Crippen molar-refractivity contribution in [1.29, 1.82) is 0 Å². The number of nitrogens with one attached hydrogen (secondary N) is 1. The van der Waals surface area contributed by atoms with Crippen LogP contribution in [0.4, 0.5) is 0 Å². The predicted molar refractivity (Wildman–Crippen MR) is 80.7 cm³/mol. The van der Waals surface area contributed by atoms with Gasteiger partial charge in [0.1, 0.15) is 5.75 Å². The third-order valence-corrected chi connectivity index (χ3v) is 3.35. The van der Waals surface area contributed by atoms with Gasteiger partial charge in [0.05, 0.1) is 12.6 Å². The van der Waals surface area contributed by atoms with E-state index in [0.29, 0.717) is 0 Å². The molecule has 0 radical (unpaired) electrons. The monoisotopic (exact) mass is 271 g/mol. The van der Waals surface area contributed by atoms with Crippen LogP contribution in [0.25, 0.3) is 0 Å². The Bertz CT molecular complexity index is 510. The lowest BCUT2D eigenvalue weighted by Gasteiger charge is -2.22. The molecule has 0 heterocycles. The van der Waals surface area contributed by atoms with E-state index in [4.69, 9.17) is 0 Å². The van der Waals surface area contributed by atoms with E-state index in [-0.39, 0.29) is 24.4 Å². The van der Waals surface area contributed by atoms with E-state index in [0.717, 1.165) is 17.5 Å². The minimum Gasteiger partial charge on any atom is -0.508 e. The highest BCUT2D eigenvalue weighted by atomic mass is 16.3. The van der Waals surface area contributed by atoms with Crippen molar-refractivity contribution in [2.24, 2.45) is 0 Å². The van der Waals surface area contributed by atoms with Gasteiger partial charge in [-0.05, 0) is 36.6 Å². The van der Waals surface area contributed by atoms with Crippen molar-refractivity contribution in [3.05, 3.63) is 65.7 Å². The lowest BCUT2D eigenvalue weighted by Crippen LogP contribution is -2.34. The second kappa shape index (κ2) is 7.08. The zero-order chi connectivity index (χ0) is 14.4. The molecule has 106 valence electrons. The van der Waals surface area contributed by atoms with Crippen LogP contribution in [0.3, 0.4) is 0 Å². The first kappa shape index (κ1) is 14.6. The van der Waals surface area contributed by atoms with Crippen LogP contribution in [0, 0.1) is 0 Å². The van der Waals surface area contributed by atoms with Crippen LogP contribution in [0.5, 0.6) is 5.75 Å². The molecule has 0 bridgehead atoms. The predicted octanol–water partition coefficient (Wildman–Crippen LogP) is 2.65. The van der Waals surface area contributed by atoms with Gasteiger partial charge in [0.25, 0.3) is 0 Å². The van der Waals surface area contributed by atoms with Gasteiger partial charge in [0.15, 0.2) is 0 Å². The summed E-state index contributed by atoms with van der Waals surface area (Å²) in [5.41, 5.74) is 2.25. The normalized spacial score (nSPS) is 13.9. The minimum atomic E-state index is -0.0525. The molecule has 0 aliphatic rings. The molecule has 0 spiro atoms. The average molecular weight is 271 g/mol. The third kappa shape index (κ3) is 4.08. The van der Waals surface area contributed by atoms with Gasteiger partial charge in [0, 0.05) is 6.04 Å². The Balaban J connectivity index is 1.95. The van der Waals surface area contributed by atoms with Crippen LogP contribution in [0.15, 0.2) is 54.6 Å². The highest BCUT2D eigenvalue weighted by Gasteiger charge is 2.13. The fourth-order valence-corrected chi connectivity index (χ4v) is 2.33. The summed E-state index contributed by atoms with van der Waals surface area (Å²) < 4.78 is 0. The molecule has 0 aliphatic heterocycles. The lowest BCUT2D eigenvalue weighted by atomic mass is 10.0. The Morgan fingerprint density at radius 3 is 2.25 bits per heavy atom. The summed E-state index contributed by atoms with van der Waals surface area (Å²) in [6, 6.07) is 17.4. The minimum absolute atomic E-state index is 0.0525. The first-order valence-electron chi connectivity index (χ1n) is 6.89. The van der Waals surface area contributed by atoms with Gasteiger partial charge in [-0.1, -0.05) is 42.5 Å². The number of phenols is 1. The molecule has 2 atom stereocenters. The fourth-order valence-electron chi connectivity index (χ4n) is 2.33. The molecular weight excluding hydrogens is 250 g/mol. The molecule has 3 nitrogen and oxygen atoms in total. The van der Waals surface area contributed by atoms with E-state index < -0.39 is 0 Å². The van der Waals surface area contributed by atoms with Crippen LogP contribution >= 0.6 is 0 Å². The van der Waals surface area contributed by atoms with E-state index >= 15 is 0 Å².